The van der Waals surface area contributed by atoms with Gasteiger partial charge in [0.05, 0.1) is 6.10 Å². The molecule has 0 radical (unpaired) electrons. The van der Waals surface area contributed by atoms with E-state index in [0.29, 0.717) is 5.75 Å². The van der Waals surface area contributed by atoms with Crippen LogP contribution in [0, 0.1) is 5.82 Å². The molecule has 2 rings (SSSR count). The van der Waals surface area contributed by atoms with E-state index in [1.807, 2.05) is 0 Å². The van der Waals surface area contributed by atoms with E-state index in [1.54, 1.807) is 12.1 Å². The minimum absolute atomic E-state index is 0.180. The Bertz CT molecular complexity index is 327. The fourth-order valence-electron chi connectivity index (χ4n) is 1.93. The summed E-state index contributed by atoms with van der Waals surface area (Å²) in [6.45, 7) is 0. The molecule has 1 aliphatic carbocycles. The van der Waals surface area contributed by atoms with Gasteiger partial charge in [0.1, 0.15) is 17.7 Å². The second-order valence-electron chi connectivity index (χ2n) is 3.97. The van der Waals surface area contributed by atoms with Gasteiger partial charge in [0, 0.05) is 6.07 Å². The highest BCUT2D eigenvalue weighted by Crippen LogP contribution is 2.24. The van der Waals surface area contributed by atoms with Crippen molar-refractivity contribution >= 4 is 0 Å². The van der Waals surface area contributed by atoms with E-state index in [9.17, 15) is 9.50 Å². The smallest absolute Gasteiger partial charge is 0.126 e. The van der Waals surface area contributed by atoms with Crippen LogP contribution < -0.4 is 4.74 Å². The number of halogens is 1. The van der Waals surface area contributed by atoms with Gasteiger partial charge in [-0.15, -0.1) is 0 Å². The molecule has 0 saturated heterocycles. The molecular formula is C12H15FO2. The highest BCUT2D eigenvalue weighted by Gasteiger charge is 2.24. The third kappa shape index (κ3) is 2.69. The molecule has 0 spiro atoms. The first kappa shape index (κ1) is 10.4. The van der Waals surface area contributed by atoms with E-state index >= 15 is 0 Å². The van der Waals surface area contributed by atoms with Crippen molar-refractivity contribution in [1.82, 2.24) is 0 Å². The highest BCUT2D eigenvalue weighted by molar-refractivity contribution is 5.22. The second-order valence-corrected chi connectivity index (χ2v) is 3.97. The molecule has 0 heterocycles. The summed E-state index contributed by atoms with van der Waals surface area (Å²) >= 11 is 0. The van der Waals surface area contributed by atoms with E-state index in [2.05, 4.69) is 0 Å². The summed E-state index contributed by atoms with van der Waals surface area (Å²) in [4.78, 5) is 0. The first-order chi connectivity index (χ1) is 7.25. The zero-order chi connectivity index (χ0) is 10.7. The van der Waals surface area contributed by atoms with Crippen molar-refractivity contribution in [2.45, 2.75) is 37.9 Å². The maximum Gasteiger partial charge on any atom is 0.126 e. The second kappa shape index (κ2) is 4.62. The first-order valence-corrected chi connectivity index (χ1v) is 5.36. The minimum atomic E-state index is -0.415. The molecule has 0 bridgehead atoms. The van der Waals surface area contributed by atoms with Crippen molar-refractivity contribution < 1.29 is 14.2 Å². The molecule has 15 heavy (non-hydrogen) atoms. The maximum absolute atomic E-state index is 12.9. The van der Waals surface area contributed by atoms with Gasteiger partial charge in [0.2, 0.25) is 0 Å². The third-order valence-corrected chi connectivity index (χ3v) is 2.75. The Balaban J connectivity index is 2.01. The topological polar surface area (TPSA) is 29.5 Å². The van der Waals surface area contributed by atoms with Crippen LogP contribution in [0.5, 0.6) is 5.75 Å². The van der Waals surface area contributed by atoms with Crippen LogP contribution in [0.3, 0.4) is 0 Å². The average Bonchev–Trinajstić information content (AvgIpc) is 2.22. The molecule has 1 aliphatic rings. The fourth-order valence-corrected chi connectivity index (χ4v) is 1.93. The monoisotopic (exact) mass is 210 g/mol. The molecule has 1 aromatic rings. The minimum Gasteiger partial charge on any atom is -0.488 e. The summed E-state index contributed by atoms with van der Waals surface area (Å²) in [7, 11) is 0. The van der Waals surface area contributed by atoms with Crippen LogP contribution in [-0.4, -0.2) is 17.3 Å². The van der Waals surface area contributed by atoms with Crippen molar-refractivity contribution in [3.8, 4) is 5.75 Å². The standard InChI is InChI=1S/C12H15FO2/c13-9-4-3-5-10(8-9)15-12-7-2-1-6-11(12)14/h3-5,8,11-12,14H,1-2,6-7H2/t11-,12-/m1/s1. The SMILES string of the molecule is O[C@@H]1CCCC[C@H]1Oc1cccc(F)c1. The molecule has 2 atom stereocenters. The van der Waals surface area contributed by atoms with E-state index in [1.165, 1.54) is 12.1 Å². The normalized spacial score (nSPS) is 26.3. The zero-order valence-corrected chi connectivity index (χ0v) is 8.53. The Kier molecular flexibility index (Phi) is 3.21. The molecule has 1 N–H and O–H groups in total. The molecule has 0 aromatic heterocycles. The van der Waals surface area contributed by atoms with E-state index in [4.69, 9.17) is 4.74 Å². The van der Waals surface area contributed by atoms with Crippen molar-refractivity contribution in [3.05, 3.63) is 30.1 Å². The Morgan fingerprint density at radius 1 is 1.27 bits per heavy atom. The Hall–Kier alpha value is -1.09. The van der Waals surface area contributed by atoms with E-state index < -0.39 is 6.10 Å². The summed E-state index contributed by atoms with van der Waals surface area (Å²) < 4.78 is 18.4. The van der Waals surface area contributed by atoms with Gasteiger partial charge in [-0.05, 0) is 31.4 Å². The first-order valence-electron chi connectivity index (χ1n) is 5.36. The Morgan fingerprint density at radius 3 is 2.80 bits per heavy atom. The lowest BCUT2D eigenvalue weighted by Gasteiger charge is -2.28. The molecule has 0 unspecified atom stereocenters. The fraction of sp³-hybridized carbons (Fsp3) is 0.500. The van der Waals surface area contributed by atoms with Gasteiger partial charge in [-0.25, -0.2) is 4.39 Å². The van der Waals surface area contributed by atoms with Crippen LogP contribution in [0.25, 0.3) is 0 Å². The van der Waals surface area contributed by atoms with Crippen molar-refractivity contribution in [2.75, 3.05) is 0 Å². The van der Waals surface area contributed by atoms with E-state index in [0.717, 1.165) is 25.7 Å². The van der Waals surface area contributed by atoms with Gasteiger partial charge in [-0.2, -0.15) is 0 Å². The summed E-state index contributed by atoms with van der Waals surface area (Å²) in [5, 5.41) is 9.68. The molecule has 0 amide bonds. The summed E-state index contributed by atoms with van der Waals surface area (Å²) in [6.07, 6.45) is 3.14. The van der Waals surface area contributed by atoms with Gasteiger partial charge in [-0.1, -0.05) is 12.5 Å². The molecule has 3 heteroatoms. The van der Waals surface area contributed by atoms with Crippen LogP contribution in [0.15, 0.2) is 24.3 Å². The van der Waals surface area contributed by atoms with Crippen LogP contribution in [0.4, 0.5) is 4.39 Å². The number of rotatable bonds is 2. The molecular weight excluding hydrogens is 195 g/mol. The summed E-state index contributed by atoms with van der Waals surface area (Å²) in [6, 6.07) is 6.05. The molecule has 1 saturated carbocycles. The van der Waals surface area contributed by atoms with E-state index in [-0.39, 0.29) is 11.9 Å². The predicted molar refractivity (Wildman–Crippen MR) is 55.3 cm³/mol. The molecule has 2 nitrogen and oxygen atoms in total. The van der Waals surface area contributed by atoms with Crippen LogP contribution in [0.2, 0.25) is 0 Å². The van der Waals surface area contributed by atoms with Gasteiger partial charge < -0.3 is 9.84 Å². The lowest BCUT2D eigenvalue weighted by Crippen LogP contribution is -2.34. The molecule has 1 aromatic carbocycles. The predicted octanol–water partition coefficient (Wildman–Crippen LogP) is 2.51. The molecule has 82 valence electrons. The van der Waals surface area contributed by atoms with Gasteiger partial charge in [-0.3, -0.25) is 0 Å². The summed E-state index contributed by atoms with van der Waals surface area (Å²) in [5.41, 5.74) is 0. The van der Waals surface area contributed by atoms with Crippen molar-refractivity contribution in [1.29, 1.82) is 0 Å². The van der Waals surface area contributed by atoms with Crippen LogP contribution in [-0.2, 0) is 0 Å². The number of benzene rings is 1. The number of aliphatic hydroxyl groups is 1. The van der Waals surface area contributed by atoms with Crippen LogP contribution in [0.1, 0.15) is 25.7 Å². The number of hydrogen-bond acceptors (Lipinski definition) is 2. The third-order valence-electron chi connectivity index (χ3n) is 2.75. The summed E-state index contributed by atoms with van der Waals surface area (Å²) in [5.74, 6) is 0.193. The van der Waals surface area contributed by atoms with Gasteiger partial charge in [0.15, 0.2) is 0 Å². The Labute approximate surface area is 88.7 Å². The Morgan fingerprint density at radius 2 is 2.07 bits per heavy atom. The quantitative estimate of drug-likeness (QED) is 0.812. The van der Waals surface area contributed by atoms with Gasteiger partial charge in [0.25, 0.3) is 0 Å². The maximum atomic E-state index is 12.9. The van der Waals surface area contributed by atoms with Crippen molar-refractivity contribution in [3.63, 3.8) is 0 Å². The lowest BCUT2D eigenvalue weighted by atomic mass is 9.95. The van der Waals surface area contributed by atoms with Gasteiger partial charge >= 0.3 is 0 Å². The van der Waals surface area contributed by atoms with Crippen molar-refractivity contribution in [2.24, 2.45) is 0 Å². The number of hydrogen-bond donors (Lipinski definition) is 1. The highest BCUT2D eigenvalue weighted by atomic mass is 19.1. The average molecular weight is 210 g/mol. The largest absolute Gasteiger partial charge is 0.488 e. The zero-order valence-electron chi connectivity index (χ0n) is 8.53. The lowest BCUT2D eigenvalue weighted by molar-refractivity contribution is 0.00673. The molecule has 0 aliphatic heterocycles. The molecule has 1 fully saturated rings. The number of ether oxygens (including phenoxy) is 1. The van der Waals surface area contributed by atoms with Crippen LogP contribution >= 0.6 is 0 Å². The number of aliphatic hydroxyl groups excluding tert-OH is 1.